The number of hydrogen-bond donors (Lipinski definition) is 1. The number of thioether (sulfide) groups is 1. The smallest absolute Gasteiger partial charge is 0.292 e. The van der Waals surface area contributed by atoms with Crippen LogP contribution in [0.3, 0.4) is 0 Å². The summed E-state index contributed by atoms with van der Waals surface area (Å²) < 4.78 is 20.7. The zero-order valence-electron chi connectivity index (χ0n) is 17.1. The standard InChI is InChI=1S/C21H20FN5O4S/c1-3-12-26-20(14(2)31-16-10-8-15(22)9-11-16)24-25-21(26)32-13-19(28)23-17-6-4-5-7-18(17)27(29)30/h3-11,14H,1,12-13H2,2H3,(H,23,28). The molecule has 166 valence electrons. The minimum absolute atomic E-state index is 0.0332. The molecule has 32 heavy (non-hydrogen) atoms. The van der Waals surface area contributed by atoms with Crippen LogP contribution in [-0.2, 0) is 11.3 Å². The zero-order valence-corrected chi connectivity index (χ0v) is 17.9. The molecule has 0 bridgehead atoms. The molecule has 1 aromatic heterocycles. The lowest BCUT2D eigenvalue weighted by molar-refractivity contribution is -0.383. The summed E-state index contributed by atoms with van der Waals surface area (Å²) in [6.07, 6.45) is 1.16. The SMILES string of the molecule is C=CCn1c(SCC(=O)Nc2ccccc2[N+](=O)[O-])nnc1C(C)Oc1ccc(F)cc1. The summed E-state index contributed by atoms with van der Waals surface area (Å²) in [7, 11) is 0. The zero-order chi connectivity index (χ0) is 23.1. The predicted molar refractivity (Wildman–Crippen MR) is 118 cm³/mol. The number of para-hydroxylation sites is 2. The second kappa shape index (κ2) is 10.5. The molecule has 3 aromatic rings. The number of halogens is 1. The Hall–Kier alpha value is -3.73. The highest BCUT2D eigenvalue weighted by Gasteiger charge is 2.20. The molecule has 0 fully saturated rings. The summed E-state index contributed by atoms with van der Waals surface area (Å²) in [5.74, 6) is 0.169. The lowest BCUT2D eigenvalue weighted by atomic mass is 10.2. The molecule has 3 rings (SSSR count). The third-order valence-electron chi connectivity index (χ3n) is 4.25. The summed E-state index contributed by atoms with van der Waals surface area (Å²) in [6, 6.07) is 11.5. The molecular weight excluding hydrogens is 437 g/mol. The van der Waals surface area contributed by atoms with Gasteiger partial charge in [-0.15, -0.1) is 16.8 Å². The number of nitro benzene ring substituents is 1. The molecule has 9 nitrogen and oxygen atoms in total. The number of nitro groups is 1. The van der Waals surface area contributed by atoms with Crippen molar-refractivity contribution in [2.24, 2.45) is 0 Å². The Kier molecular flexibility index (Phi) is 7.55. The van der Waals surface area contributed by atoms with E-state index in [4.69, 9.17) is 4.74 Å². The van der Waals surface area contributed by atoms with Crippen LogP contribution in [0.5, 0.6) is 5.75 Å². The van der Waals surface area contributed by atoms with Crippen LogP contribution < -0.4 is 10.1 Å². The average molecular weight is 457 g/mol. The maximum absolute atomic E-state index is 13.1. The van der Waals surface area contributed by atoms with E-state index in [9.17, 15) is 19.3 Å². The Morgan fingerprint density at radius 2 is 2.03 bits per heavy atom. The van der Waals surface area contributed by atoms with Crippen molar-refractivity contribution >= 4 is 29.0 Å². The van der Waals surface area contributed by atoms with Gasteiger partial charge in [0, 0.05) is 12.6 Å². The molecule has 0 aliphatic rings. The monoisotopic (exact) mass is 457 g/mol. The number of ether oxygens (including phenoxy) is 1. The summed E-state index contributed by atoms with van der Waals surface area (Å²) in [5, 5.41) is 22.4. The number of allylic oxidation sites excluding steroid dienone is 1. The second-order valence-corrected chi connectivity index (χ2v) is 7.51. The fourth-order valence-electron chi connectivity index (χ4n) is 2.83. The third kappa shape index (κ3) is 5.70. The Bertz CT molecular complexity index is 1120. The van der Waals surface area contributed by atoms with Crippen LogP contribution in [0.15, 0.2) is 66.3 Å². The largest absolute Gasteiger partial charge is 0.483 e. The van der Waals surface area contributed by atoms with Gasteiger partial charge in [0.2, 0.25) is 5.91 Å². The third-order valence-corrected chi connectivity index (χ3v) is 5.22. The number of carbonyl (C=O) groups excluding carboxylic acids is 1. The van der Waals surface area contributed by atoms with Crippen molar-refractivity contribution in [3.63, 3.8) is 0 Å². The number of hydrogen-bond acceptors (Lipinski definition) is 7. The van der Waals surface area contributed by atoms with Gasteiger partial charge in [-0.25, -0.2) is 4.39 Å². The van der Waals surface area contributed by atoms with Crippen LogP contribution in [0, 0.1) is 15.9 Å². The Labute approximate surface area is 187 Å². The van der Waals surface area contributed by atoms with Gasteiger partial charge in [-0.2, -0.15) is 0 Å². The van der Waals surface area contributed by atoms with Crippen LogP contribution in [0.4, 0.5) is 15.8 Å². The molecular formula is C21H20FN5O4S. The summed E-state index contributed by atoms with van der Waals surface area (Å²) >= 11 is 1.13. The highest BCUT2D eigenvalue weighted by molar-refractivity contribution is 7.99. The van der Waals surface area contributed by atoms with Crippen LogP contribution in [-0.4, -0.2) is 31.3 Å². The van der Waals surface area contributed by atoms with Gasteiger partial charge in [0.25, 0.3) is 5.69 Å². The van der Waals surface area contributed by atoms with Gasteiger partial charge in [0.05, 0.1) is 10.7 Å². The predicted octanol–water partition coefficient (Wildman–Crippen LogP) is 4.38. The van der Waals surface area contributed by atoms with E-state index in [-0.39, 0.29) is 22.9 Å². The highest BCUT2D eigenvalue weighted by Crippen LogP contribution is 2.26. The second-order valence-electron chi connectivity index (χ2n) is 6.57. The Balaban J connectivity index is 1.68. The Morgan fingerprint density at radius 3 is 2.72 bits per heavy atom. The van der Waals surface area contributed by atoms with Gasteiger partial charge in [0.1, 0.15) is 17.3 Å². The minimum Gasteiger partial charge on any atom is -0.483 e. The van der Waals surface area contributed by atoms with Gasteiger partial charge < -0.3 is 10.1 Å². The normalized spacial score (nSPS) is 11.6. The van der Waals surface area contributed by atoms with E-state index in [0.717, 1.165) is 11.8 Å². The number of anilines is 1. The van der Waals surface area contributed by atoms with Crippen molar-refractivity contribution in [1.29, 1.82) is 0 Å². The van der Waals surface area contributed by atoms with Gasteiger partial charge in [0.15, 0.2) is 17.1 Å². The van der Waals surface area contributed by atoms with E-state index in [2.05, 4.69) is 22.1 Å². The summed E-state index contributed by atoms with van der Waals surface area (Å²) in [5.41, 5.74) is -0.0626. The molecule has 2 aromatic carbocycles. The van der Waals surface area contributed by atoms with Crippen molar-refractivity contribution < 1.29 is 18.8 Å². The molecule has 1 atom stereocenters. The quantitative estimate of drug-likeness (QED) is 0.208. The number of carbonyl (C=O) groups is 1. The first kappa shape index (κ1) is 22.9. The number of aromatic nitrogens is 3. The van der Waals surface area contributed by atoms with Crippen molar-refractivity contribution in [3.05, 3.63) is 82.9 Å². The van der Waals surface area contributed by atoms with Gasteiger partial charge in [-0.05, 0) is 37.3 Å². The topological polar surface area (TPSA) is 112 Å². The first-order valence-electron chi connectivity index (χ1n) is 9.51. The van der Waals surface area contributed by atoms with E-state index in [1.54, 1.807) is 23.6 Å². The van der Waals surface area contributed by atoms with E-state index in [1.165, 1.54) is 42.5 Å². The molecule has 0 aliphatic carbocycles. The number of nitrogens with one attached hydrogen (secondary N) is 1. The number of benzene rings is 2. The molecule has 0 saturated heterocycles. The molecule has 1 amide bonds. The van der Waals surface area contributed by atoms with E-state index < -0.39 is 16.9 Å². The van der Waals surface area contributed by atoms with Crippen molar-refractivity contribution in [2.75, 3.05) is 11.1 Å². The van der Waals surface area contributed by atoms with E-state index in [0.29, 0.717) is 23.3 Å². The molecule has 0 radical (unpaired) electrons. The first-order valence-corrected chi connectivity index (χ1v) is 10.5. The number of nitrogens with zero attached hydrogens (tertiary/aromatic N) is 4. The van der Waals surface area contributed by atoms with Crippen LogP contribution in [0.25, 0.3) is 0 Å². The van der Waals surface area contributed by atoms with Gasteiger partial charge >= 0.3 is 0 Å². The molecule has 1 N–H and O–H groups in total. The lowest BCUT2D eigenvalue weighted by Crippen LogP contribution is -2.16. The Morgan fingerprint density at radius 1 is 1.31 bits per heavy atom. The van der Waals surface area contributed by atoms with Crippen LogP contribution in [0.1, 0.15) is 18.9 Å². The first-order chi connectivity index (χ1) is 15.4. The van der Waals surface area contributed by atoms with E-state index in [1.807, 2.05) is 0 Å². The average Bonchev–Trinajstić information content (AvgIpc) is 3.17. The molecule has 0 spiro atoms. The van der Waals surface area contributed by atoms with Crippen molar-refractivity contribution in [3.8, 4) is 5.75 Å². The molecule has 0 aliphatic heterocycles. The van der Waals surface area contributed by atoms with Crippen LogP contribution in [0.2, 0.25) is 0 Å². The maximum Gasteiger partial charge on any atom is 0.292 e. The number of amides is 1. The van der Waals surface area contributed by atoms with Crippen LogP contribution >= 0.6 is 11.8 Å². The molecule has 1 heterocycles. The van der Waals surface area contributed by atoms with Crippen molar-refractivity contribution in [1.82, 2.24) is 14.8 Å². The fraction of sp³-hybridized carbons (Fsp3) is 0.190. The molecule has 11 heteroatoms. The van der Waals surface area contributed by atoms with Crippen molar-refractivity contribution in [2.45, 2.75) is 24.7 Å². The van der Waals surface area contributed by atoms with Gasteiger partial charge in [-0.3, -0.25) is 19.5 Å². The maximum atomic E-state index is 13.1. The lowest BCUT2D eigenvalue weighted by Gasteiger charge is -2.15. The minimum atomic E-state index is -0.557. The molecule has 0 saturated carbocycles. The highest BCUT2D eigenvalue weighted by atomic mass is 32.2. The van der Waals surface area contributed by atoms with Gasteiger partial charge in [-0.1, -0.05) is 30.0 Å². The fourth-order valence-corrected chi connectivity index (χ4v) is 3.59. The summed E-state index contributed by atoms with van der Waals surface area (Å²) in [4.78, 5) is 22.9. The molecule has 1 unspecified atom stereocenters. The van der Waals surface area contributed by atoms with E-state index >= 15 is 0 Å². The number of rotatable bonds is 10. The summed E-state index contributed by atoms with van der Waals surface area (Å²) in [6.45, 7) is 5.90.